The fourth-order valence-corrected chi connectivity index (χ4v) is 11.1. The van der Waals surface area contributed by atoms with Gasteiger partial charge in [0.05, 0.1) is 12.8 Å². The Morgan fingerprint density at radius 3 is 2.44 bits per heavy atom. The van der Waals surface area contributed by atoms with E-state index < -0.39 is 16.6 Å². The van der Waals surface area contributed by atoms with Crippen molar-refractivity contribution in [2.75, 3.05) is 21.2 Å². The molecule has 0 saturated heterocycles. The second-order valence-corrected chi connectivity index (χ2v) is 18.5. The molecule has 2 amide bonds. The number of rotatable bonds is 7. The fourth-order valence-electron chi connectivity index (χ4n) is 10.6. The first-order valence-electron chi connectivity index (χ1n) is 18.6. The molecule has 1 aromatic heterocycles. The number of nitrogens with zero attached hydrogens (tertiary/aromatic N) is 2. The maximum atomic E-state index is 14.9. The van der Waals surface area contributed by atoms with Crippen molar-refractivity contribution >= 4 is 39.5 Å². The molecule has 2 heterocycles. The SMILES string of the molecule is COc1ccc2c(c1)C1=CC1(C(=O)NC1CCC3(C)CCC1C(C)(C)C3)Cn1c-2c(C2CCCCC2)c2ccc(C(=O)NS(=O)N(C)C)cc21. The van der Waals surface area contributed by atoms with E-state index in [-0.39, 0.29) is 23.3 Å². The van der Waals surface area contributed by atoms with Crippen molar-refractivity contribution in [1.29, 1.82) is 0 Å². The van der Waals surface area contributed by atoms with Gasteiger partial charge in [-0.25, -0.2) is 8.51 Å². The highest BCUT2D eigenvalue weighted by atomic mass is 32.2. The molecule has 50 heavy (non-hydrogen) atoms. The first-order valence-corrected chi connectivity index (χ1v) is 19.7. The number of benzene rings is 2. The van der Waals surface area contributed by atoms with E-state index in [1.54, 1.807) is 21.2 Å². The summed E-state index contributed by atoms with van der Waals surface area (Å²) in [5.74, 6) is 1.31. The number of aromatic nitrogens is 1. The Bertz CT molecular complexity index is 1950. The smallest absolute Gasteiger partial charge is 0.264 e. The van der Waals surface area contributed by atoms with Gasteiger partial charge in [-0.2, -0.15) is 0 Å². The summed E-state index contributed by atoms with van der Waals surface area (Å²) in [5.41, 5.74) is 6.83. The number of methoxy groups -OCH3 is 1. The van der Waals surface area contributed by atoms with Crippen molar-refractivity contribution in [1.82, 2.24) is 18.9 Å². The number of ether oxygens (including phenoxy) is 1. The maximum Gasteiger partial charge on any atom is 0.264 e. The summed E-state index contributed by atoms with van der Waals surface area (Å²) in [7, 11) is 5.03. The molecule has 4 saturated carbocycles. The Labute approximate surface area is 299 Å². The molecule has 3 aromatic rings. The third-order valence-electron chi connectivity index (χ3n) is 13.1. The van der Waals surface area contributed by atoms with Crippen LogP contribution in [0.2, 0.25) is 0 Å². The minimum Gasteiger partial charge on any atom is -0.497 e. The molecule has 266 valence electrons. The number of hydrogen-bond donors (Lipinski definition) is 2. The highest BCUT2D eigenvalue weighted by molar-refractivity contribution is 7.81. The molecule has 9 heteroatoms. The molecule has 2 aromatic carbocycles. The average molecular weight is 697 g/mol. The van der Waals surface area contributed by atoms with Gasteiger partial charge in [0.1, 0.15) is 11.2 Å². The van der Waals surface area contributed by atoms with E-state index in [4.69, 9.17) is 4.74 Å². The van der Waals surface area contributed by atoms with Crippen LogP contribution in [-0.2, 0) is 22.5 Å². The third-order valence-corrected chi connectivity index (χ3v) is 14.1. The van der Waals surface area contributed by atoms with E-state index in [1.807, 2.05) is 18.2 Å². The number of amides is 2. The van der Waals surface area contributed by atoms with Gasteiger partial charge < -0.3 is 14.6 Å². The summed E-state index contributed by atoms with van der Waals surface area (Å²) >= 11 is -1.65. The van der Waals surface area contributed by atoms with Crippen molar-refractivity contribution in [3.63, 3.8) is 0 Å². The molecule has 0 radical (unpaired) electrons. The number of carbonyl (C=O) groups is 2. The van der Waals surface area contributed by atoms with Gasteiger partial charge in [-0.05, 0) is 115 Å². The van der Waals surface area contributed by atoms with Gasteiger partial charge in [-0.1, -0.05) is 52.2 Å². The van der Waals surface area contributed by atoms with Crippen LogP contribution in [0.4, 0.5) is 0 Å². The van der Waals surface area contributed by atoms with E-state index in [9.17, 15) is 13.8 Å². The molecular formula is C41H52N4O4S. The van der Waals surface area contributed by atoms with Crippen LogP contribution in [0.3, 0.4) is 0 Å². The van der Waals surface area contributed by atoms with Gasteiger partial charge in [-0.3, -0.25) is 14.3 Å². The lowest BCUT2D eigenvalue weighted by Gasteiger charge is -2.46. The molecule has 6 aliphatic rings. The standard InChI is InChI=1S/C41H52N4O4S/c1-39(2)23-40(3)18-16-31(39)33(17-19-40)42-38(47)41-22-32(41)30-21-27(49-6)13-15-28(30)36-35(25-10-8-7-9-11-25)29-14-12-26(20-34(29)45(36)24-41)37(46)43-50(48)44(4)5/h12-15,20-22,25,31,33H,7-11,16-19,23-24H2,1-6H3,(H,42,47)(H,43,46). The van der Waals surface area contributed by atoms with Crippen molar-refractivity contribution in [2.24, 2.45) is 22.2 Å². The number of nitrogens with one attached hydrogen (secondary N) is 2. The molecule has 5 aliphatic carbocycles. The fraction of sp³-hybridized carbons (Fsp3) is 0.561. The zero-order valence-electron chi connectivity index (χ0n) is 30.5. The predicted octanol–water partition coefficient (Wildman–Crippen LogP) is 7.74. The lowest BCUT2D eigenvalue weighted by Crippen LogP contribution is -2.49. The first kappa shape index (κ1) is 33.7. The lowest BCUT2D eigenvalue weighted by atomic mass is 9.60. The van der Waals surface area contributed by atoms with Crippen LogP contribution in [0.5, 0.6) is 5.75 Å². The summed E-state index contributed by atoms with van der Waals surface area (Å²) in [4.78, 5) is 28.3. The van der Waals surface area contributed by atoms with E-state index in [1.165, 1.54) is 42.0 Å². The number of fused-ring (bicyclic) bond motifs is 11. The summed E-state index contributed by atoms with van der Waals surface area (Å²) in [6, 6.07) is 12.3. The molecule has 2 bridgehead atoms. The lowest BCUT2D eigenvalue weighted by molar-refractivity contribution is -0.127. The largest absolute Gasteiger partial charge is 0.497 e. The van der Waals surface area contributed by atoms with Gasteiger partial charge in [0.15, 0.2) is 11.2 Å². The van der Waals surface area contributed by atoms with Crippen LogP contribution in [0.1, 0.15) is 112 Å². The van der Waals surface area contributed by atoms with Crippen molar-refractivity contribution < 1.29 is 18.5 Å². The molecule has 1 aliphatic heterocycles. The van der Waals surface area contributed by atoms with Gasteiger partial charge >= 0.3 is 0 Å². The van der Waals surface area contributed by atoms with Crippen molar-refractivity contribution in [3.8, 4) is 17.0 Å². The highest BCUT2D eigenvalue weighted by Crippen LogP contribution is 2.61. The van der Waals surface area contributed by atoms with Gasteiger partial charge in [0, 0.05) is 48.7 Å². The zero-order chi connectivity index (χ0) is 35.2. The first-order chi connectivity index (χ1) is 23.8. The monoisotopic (exact) mass is 696 g/mol. The molecule has 5 atom stereocenters. The van der Waals surface area contributed by atoms with E-state index in [2.05, 4.69) is 59.7 Å². The van der Waals surface area contributed by atoms with Crippen LogP contribution in [0.15, 0.2) is 42.5 Å². The Hall–Kier alpha value is -3.43. The number of hydrogen-bond acceptors (Lipinski definition) is 4. The second-order valence-electron chi connectivity index (χ2n) is 17.1. The minimum absolute atomic E-state index is 0.0850. The van der Waals surface area contributed by atoms with Crippen LogP contribution in [0, 0.1) is 22.2 Å². The zero-order valence-corrected chi connectivity index (χ0v) is 31.3. The second kappa shape index (κ2) is 12.1. The Morgan fingerprint density at radius 1 is 0.960 bits per heavy atom. The van der Waals surface area contributed by atoms with Gasteiger partial charge in [0.25, 0.3) is 5.91 Å². The van der Waals surface area contributed by atoms with Gasteiger partial charge in [-0.15, -0.1) is 0 Å². The molecule has 8 nitrogen and oxygen atoms in total. The minimum atomic E-state index is -1.65. The highest BCUT2D eigenvalue weighted by Gasteiger charge is 2.56. The van der Waals surface area contributed by atoms with Crippen molar-refractivity contribution in [2.45, 2.75) is 103 Å². The van der Waals surface area contributed by atoms with Crippen LogP contribution < -0.4 is 14.8 Å². The molecule has 5 unspecified atom stereocenters. The predicted molar refractivity (Wildman–Crippen MR) is 200 cm³/mol. The van der Waals surface area contributed by atoms with Crippen LogP contribution in [0.25, 0.3) is 27.7 Å². The molecule has 0 spiro atoms. The maximum absolute atomic E-state index is 14.9. The third kappa shape index (κ3) is 5.45. The average Bonchev–Trinajstić information content (AvgIpc) is 3.81. The van der Waals surface area contributed by atoms with E-state index in [0.717, 1.165) is 71.2 Å². The quantitative estimate of drug-likeness (QED) is 0.264. The van der Waals surface area contributed by atoms with Crippen LogP contribution in [-0.4, -0.2) is 52.1 Å². The summed E-state index contributed by atoms with van der Waals surface area (Å²) in [5, 5.41) is 4.80. The molecule has 9 rings (SSSR count). The van der Waals surface area contributed by atoms with E-state index in [0.29, 0.717) is 29.4 Å². The molecule has 2 N–H and O–H groups in total. The Kier molecular flexibility index (Phi) is 8.14. The summed E-state index contributed by atoms with van der Waals surface area (Å²) in [6.07, 6.45) is 13.8. The summed E-state index contributed by atoms with van der Waals surface area (Å²) < 4.78 is 24.8. The van der Waals surface area contributed by atoms with Crippen LogP contribution >= 0.6 is 0 Å². The normalized spacial score (nSPS) is 28.8. The molecular weight excluding hydrogens is 645 g/mol. The Morgan fingerprint density at radius 2 is 1.72 bits per heavy atom. The van der Waals surface area contributed by atoms with E-state index >= 15 is 0 Å². The van der Waals surface area contributed by atoms with Crippen molar-refractivity contribution in [3.05, 3.63) is 59.2 Å². The topological polar surface area (TPSA) is 92.7 Å². The number of carbonyl (C=O) groups excluding carboxylic acids is 2. The Balaban J connectivity index is 1.26. The summed E-state index contributed by atoms with van der Waals surface area (Å²) in [6.45, 7) is 7.72. The van der Waals surface area contributed by atoms with Gasteiger partial charge in [0.2, 0.25) is 5.91 Å². The molecule has 4 fully saturated rings.